The average Bonchev–Trinajstić information content (AvgIpc) is 1.92. The van der Waals surface area contributed by atoms with Gasteiger partial charge in [-0.15, -0.1) is 0 Å². The van der Waals surface area contributed by atoms with Crippen LogP contribution in [0.5, 0.6) is 0 Å². The van der Waals surface area contributed by atoms with E-state index in [0.717, 1.165) is 12.1 Å². The van der Waals surface area contributed by atoms with Crippen LogP contribution >= 0.6 is 11.6 Å². The van der Waals surface area contributed by atoms with Gasteiger partial charge in [0, 0.05) is 0 Å². The molecule has 3 nitrogen and oxygen atoms in total. The van der Waals surface area contributed by atoms with Crippen LogP contribution in [0.3, 0.4) is 0 Å². The van der Waals surface area contributed by atoms with Gasteiger partial charge in [0.05, 0.1) is 9.92 Å². The molecule has 0 bridgehead atoms. The van der Waals surface area contributed by atoms with Crippen molar-refractivity contribution in [2.24, 2.45) is 0 Å². The van der Waals surface area contributed by atoms with Gasteiger partial charge in [-0.25, -0.2) is 12.8 Å². The molecule has 7 heteroatoms. The Morgan fingerprint density at radius 3 is 2.31 bits per heavy atom. The molecular formula is C6H3ClFNaO3S. The van der Waals surface area contributed by atoms with Crippen LogP contribution in [0.1, 0.15) is 0 Å². The van der Waals surface area contributed by atoms with Crippen LogP contribution < -0.4 is 29.6 Å². The standard InChI is InChI=1S/C6H4ClFO3S.Na/c7-4-2-1-3-5(6(4)8)12(9,10)11;/h1-3H,(H,9,10,11);/q;+1/p-1. The summed E-state index contributed by atoms with van der Waals surface area (Å²) in [5.74, 6) is -1.20. The van der Waals surface area contributed by atoms with Crippen LogP contribution in [0.15, 0.2) is 23.1 Å². The van der Waals surface area contributed by atoms with E-state index in [0.29, 0.717) is 0 Å². The predicted molar refractivity (Wildman–Crippen MR) is 39.4 cm³/mol. The van der Waals surface area contributed by atoms with Gasteiger partial charge in [0.1, 0.15) is 10.1 Å². The van der Waals surface area contributed by atoms with Crippen molar-refractivity contribution in [3.8, 4) is 0 Å². The second kappa shape index (κ2) is 4.72. The molecule has 0 amide bonds. The Labute approximate surface area is 102 Å². The third-order valence-electron chi connectivity index (χ3n) is 1.19. The second-order valence-electron chi connectivity index (χ2n) is 2.01. The summed E-state index contributed by atoms with van der Waals surface area (Å²) < 4.78 is 43.8. The van der Waals surface area contributed by atoms with Crippen molar-refractivity contribution in [1.82, 2.24) is 0 Å². The summed E-state index contributed by atoms with van der Waals surface area (Å²) in [6, 6.07) is 3.21. The average molecular weight is 233 g/mol. The Kier molecular flexibility index (Phi) is 4.85. The number of halogens is 2. The Morgan fingerprint density at radius 1 is 1.38 bits per heavy atom. The van der Waals surface area contributed by atoms with Gasteiger partial charge in [-0.05, 0) is 12.1 Å². The van der Waals surface area contributed by atoms with Gasteiger partial charge in [-0.1, -0.05) is 17.7 Å². The van der Waals surface area contributed by atoms with Crippen LogP contribution in [-0.2, 0) is 10.1 Å². The molecule has 0 aliphatic carbocycles. The van der Waals surface area contributed by atoms with Gasteiger partial charge in [0.25, 0.3) is 0 Å². The third-order valence-corrected chi connectivity index (χ3v) is 2.33. The topological polar surface area (TPSA) is 57.2 Å². The maximum atomic E-state index is 12.8. The van der Waals surface area contributed by atoms with E-state index in [1.54, 1.807) is 0 Å². The molecule has 0 fully saturated rings. The van der Waals surface area contributed by atoms with Gasteiger partial charge in [-0.3, -0.25) is 0 Å². The molecule has 0 atom stereocenters. The summed E-state index contributed by atoms with van der Waals surface area (Å²) in [5.41, 5.74) is 0. The second-order valence-corrected chi connectivity index (χ2v) is 3.76. The molecule has 1 rings (SSSR count). The number of benzene rings is 1. The summed E-state index contributed by atoms with van der Waals surface area (Å²) in [6.45, 7) is 0. The summed E-state index contributed by atoms with van der Waals surface area (Å²) in [7, 11) is -4.77. The molecule has 1 aromatic rings. The van der Waals surface area contributed by atoms with E-state index in [2.05, 4.69) is 0 Å². The number of rotatable bonds is 1. The minimum atomic E-state index is -4.77. The SMILES string of the molecule is O=S(=O)([O-])c1cccc(Cl)c1F.[Na+]. The van der Waals surface area contributed by atoms with Crippen molar-refractivity contribution in [1.29, 1.82) is 0 Å². The van der Waals surface area contributed by atoms with Crippen molar-refractivity contribution >= 4 is 21.7 Å². The fourth-order valence-corrected chi connectivity index (χ4v) is 1.48. The minimum absolute atomic E-state index is 0. The van der Waals surface area contributed by atoms with Crippen molar-refractivity contribution in [2.75, 3.05) is 0 Å². The van der Waals surface area contributed by atoms with Gasteiger partial charge >= 0.3 is 29.6 Å². The molecule has 0 N–H and O–H groups in total. The van der Waals surface area contributed by atoms with Crippen molar-refractivity contribution in [3.05, 3.63) is 29.0 Å². The Hall–Kier alpha value is 0.350. The smallest absolute Gasteiger partial charge is 0.744 e. The van der Waals surface area contributed by atoms with E-state index in [1.165, 1.54) is 6.07 Å². The number of hydrogen-bond donors (Lipinski definition) is 0. The first kappa shape index (κ1) is 13.4. The molecule has 0 radical (unpaired) electrons. The van der Waals surface area contributed by atoms with Crippen molar-refractivity contribution in [3.63, 3.8) is 0 Å². The summed E-state index contributed by atoms with van der Waals surface area (Å²) in [4.78, 5) is -0.921. The first-order valence-corrected chi connectivity index (χ1v) is 4.61. The molecule has 0 heterocycles. The minimum Gasteiger partial charge on any atom is -0.744 e. The van der Waals surface area contributed by atoms with Gasteiger partial charge in [-0.2, -0.15) is 0 Å². The zero-order valence-electron chi connectivity index (χ0n) is 6.62. The van der Waals surface area contributed by atoms with Gasteiger partial charge in [0.15, 0.2) is 5.82 Å². The van der Waals surface area contributed by atoms with Gasteiger partial charge in [0.2, 0.25) is 0 Å². The zero-order valence-corrected chi connectivity index (χ0v) is 10.2. The molecule has 0 aliphatic rings. The Bertz CT molecular complexity index is 406. The number of hydrogen-bond acceptors (Lipinski definition) is 3. The summed E-state index contributed by atoms with van der Waals surface area (Å²) in [6.07, 6.45) is 0. The monoisotopic (exact) mass is 232 g/mol. The molecule has 66 valence electrons. The van der Waals surface area contributed by atoms with Crippen LogP contribution in [0.2, 0.25) is 5.02 Å². The van der Waals surface area contributed by atoms with Crippen LogP contribution in [-0.4, -0.2) is 13.0 Å². The fraction of sp³-hybridized carbons (Fsp3) is 0. The maximum absolute atomic E-state index is 12.8. The largest absolute Gasteiger partial charge is 1.00 e. The zero-order chi connectivity index (χ0) is 9.35. The third kappa shape index (κ3) is 3.19. The molecule has 0 spiro atoms. The predicted octanol–water partition coefficient (Wildman–Crippen LogP) is -1.61. The maximum Gasteiger partial charge on any atom is 1.00 e. The Balaban J connectivity index is 0.00000144. The van der Waals surface area contributed by atoms with Crippen LogP contribution in [0.4, 0.5) is 4.39 Å². The molecule has 13 heavy (non-hydrogen) atoms. The summed E-state index contributed by atoms with van der Waals surface area (Å²) in [5, 5.41) is -0.382. The molecular weight excluding hydrogens is 230 g/mol. The molecule has 0 saturated carbocycles. The molecule has 0 saturated heterocycles. The molecule has 0 unspecified atom stereocenters. The van der Waals surface area contributed by atoms with E-state index in [4.69, 9.17) is 11.6 Å². The van der Waals surface area contributed by atoms with E-state index in [-0.39, 0.29) is 34.6 Å². The molecule has 0 aromatic heterocycles. The Morgan fingerprint density at radius 2 is 1.92 bits per heavy atom. The quantitative estimate of drug-likeness (QED) is 0.432. The first-order valence-electron chi connectivity index (χ1n) is 2.83. The molecule has 0 aliphatic heterocycles. The molecule has 1 aromatic carbocycles. The van der Waals surface area contributed by atoms with E-state index < -0.39 is 20.8 Å². The van der Waals surface area contributed by atoms with Crippen molar-refractivity contribution in [2.45, 2.75) is 4.90 Å². The van der Waals surface area contributed by atoms with E-state index in [1.807, 2.05) is 0 Å². The van der Waals surface area contributed by atoms with E-state index >= 15 is 0 Å². The van der Waals surface area contributed by atoms with E-state index in [9.17, 15) is 17.4 Å². The first-order chi connectivity index (χ1) is 5.43. The fourth-order valence-electron chi connectivity index (χ4n) is 0.677. The van der Waals surface area contributed by atoms with Crippen LogP contribution in [0.25, 0.3) is 0 Å². The normalized spacial score (nSPS) is 10.7. The van der Waals surface area contributed by atoms with Crippen LogP contribution in [0, 0.1) is 5.82 Å². The summed E-state index contributed by atoms with van der Waals surface area (Å²) >= 11 is 5.24. The van der Waals surface area contributed by atoms with Crippen molar-refractivity contribution < 1.29 is 46.9 Å². The van der Waals surface area contributed by atoms with Gasteiger partial charge < -0.3 is 4.55 Å².